The number of hydrogen-bond acceptors (Lipinski definition) is 8. The molecule has 0 saturated carbocycles. The zero-order chi connectivity index (χ0) is 27.9. The van der Waals surface area contributed by atoms with Crippen molar-refractivity contribution in [2.75, 3.05) is 51.1 Å². The van der Waals surface area contributed by atoms with Crippen LogP contribution >= 0.6 is 11.3 Å². The molecule has 2 amide bonds. The fourth-order valence-corrected chi connectivity index (χ4v) is 5.86. The number of ether oxygens (including phenoxy) is 1. The van der Waals surface area contributed by atoms with Crippen LogP contribution < -0.4 is 10.1 Å². The van der Waals surface area contributed by atoms with Crippen LogP contribution in [0.1, 0.15) is 46.3 Å². The van der Waals surface area contributed by atoms with Crippen molar-refractivity contribution >= 4 is 29.0 Å². The lowest BCUT2D eigenvalue weighted by molar-refractivity contribution is 0.102. The van der Waals surface area contributed by atoms with Gasteiger partial charge in [0.25, 0.3) is 5.91 Å². The molecule has 1 aromatic carbocycles. The Morgan fingerprint density at radius 3 is 2.38 bits per heavy atom. The first-order valence-electron chi connectivity index (χ1n) is 14.1. The molecule has 4 heterocycles. The van der Waals surface area contributed by atoms with E-state index >= 15 is 0 Å². The molecular weight excluding hydrogens is 524 g/mol. The number of nitrogens with zero attached hydrogens (tertiary/aromatic N) is 5. The zero-order valence-corrected chi connectivity index (χ0v) is 24.2. The molecular formula is C30H38N6O3S. The Balaban J connectivity index is 1.04. The summed E-state index contributed by atoms with van der Waals surface area (Å²) in [5, 5.41) is 2.87. The van der Waals surface area contributed by atoms with Crippen LogP contribution in [0.15, 0.2) is 48.1 Å². The summed E-state index contributed by atoms with van der Waals surface area (Å²) in [6, 6.07) is 11.1. The molecule has 40 heavy (non-hydrogen) atoms. The average Bonchev–Trinajstić information content (AvgIpc) is 3.39. The minimum absolute atomic E-state index is 0.201. The summed E-state index contributed by atoms with van der Waals surface area (Å²) in [6.07, 6.45) is 4.58. The van der Waals surface area contributed by atoms with Crippen molar-refractivity contribution in [2.45, 2.75) is 39.7 Å². The summed E-state index contributed by atoms with van der Waals surface area (Å²) >= 11 is 1.70. The Hall–Kier alpha value is -3.34. The maximum atomic E-state index is 12.7. The lowest BCUT2D eigenvalue weighted by Crippen LogP contribution is -2.49. The number of hydrogen-bond donors (Lipinski definition) is 1. The van der Waals surface area contributed by atoms with Crippen LogP contribution in [0.3, 0.4) is 0 Å². The Labute approximate surface area is 240 Å². The van der Waals surface area contributed by atoms with Gasteiger partial charge in [-0.1, -0.05) is 19.1 Å². The third-order valence-electron chi connectivity index (χ3n) is 7.82. The quantitative estimate of drug-likeness (QED) is 0.426. The number of thiazole rings is 1. The number of piperidine rings is 1. The maximum Gasteiger partial charge on any atom is 0.416 e. The van der Waals surface area contributed by atoms with Crippen LogP contribution in [0.5, 0.6) is 5.88 Å². The van der Waals surface area contributed by atoms with Crippen molar-refractivity contribution < 1.29 is 14.3 Å². The Morgan fingerprint density at radius 2 is 1.73 bits per heavy atom. The van der Waals surface area contributed by atoms with E-state index in [1.165, 1.54) is 29.5 Å². The van der Waals surface area contributed by atoms with Crippen LogP contribution in [0, 0.1) is 12.8 Å². The van der Waals surface area contributed by atoms with E-state index in [-0.39, 0.29) is 11.8 Å². The number of amides is 2. The summed E-state index contributed by atoms with van der Waals surface area (Å²) in [5.74, 6) is 0.824. The van der Waals surface area contributed by atoms with E-state index in [1.807, 2.05) is 36.7 Å². The Bertz CT molecular complexity index is 1260. The fraction of sp³-hybridized carbons (Fsp3) is 0.467. The number of likely N-dealkylation sites (tertiary alicyclic amines) is 1. The molecule has 10 heteroatoms. The summed E-state index contributed by atoms with van der Waals surface area (Å²) in [4.78, 5) is 41.8. The summed E-state index contributed by atoms with van der Waals surface area (Å²) < 4.78 is 5.48. The van der Waals surface area contributed by atoms with E-state index in [0.717, 1.165) is 57.3 Å². The van der Waals surface area contributed by atoms with E-state index < -0.39 is 6.09 Å². The van der Waals surface area contributed by atoms with Gasteiger partial charge in [0.2, 0.25) is 5.88 Å². The molecule has 0 atom stereocenters. The van der Waals surface area contributed by atoms with Gasteiger partial charge in [0.05, 0.1) is 23.1 Å². The predicted octanol–water partition coefficient (Wildman–Crippen LogP) is 4.69. The number of piperazine rings is 1. The van der Waals surface area contributed by atoms with E-state index in [9.17, 15) is 9.59 Å². The number of carbonyl (C=O) groups excluding carboxylic acids is 2. The van der Waals surface area contributed by atoms with Gasteiger partial charge in [-0.15, -0.1) is 11.3 Å². The normalized spacial score (nSPS) is 17.1. The van der Waals surface area contributed by atoms with E-state index in [1.54, 1.807) is 28.4 Å². The highest BCUT2D eigenvalue weighted by atomic mass is 32.1. The average molecular weight is 563 g/mol. The number of aromatic nitrogens is 2. The summed E-state index contributed by atoms with van der Waals surface area (Å²) in [7, 11) is 0. The highest BCUT2D eigenvalue weighted by Gasteiger charge is 2.23. The number of nitrogens with one attached hydrogen (secondary N) is 1. The molecule has 1 N–H and O–H groups in total. The summed E-state index contributed by atoms with van der Waals surface area (Å²) in [6.45, 7) is 11.4. The standard InChI is InChI=1S/C30H38N6O3S/c1-22-9-12-35(13-10-22)20-24-3-5-25(6-4-24)29(37)33-26-7-8-28(31-19-26)39-30(38)36-17-15-34(16-18-36)14-11-27-23(2)32-21-40-27/h3-8,19,21-22H,9-18,20H2,1-2H3,(H,33,37). The van der Waals surface area contributed by atoms with Crippen molar-refractivity contribution in [3.63, 3.8) is 0 Å². The van der Waals surface area contributed by atoms with Gasteiger partial charge in [0.15, 0.2) is 0 Å². The second-order valence-corrected chi connectivity index (χ2v) is 11.7. The molecule has 0 aliphatic carbocycles. The Morgan fingerprint density at radius 1 is 0.975 bits per heavy atom. The monoisotopic (exact) mass is 562 g/mol. The molecule has 0 spiro atoms. The van der Waals surface area contributed by atoms with Crippen LogP contribution in [0.2, 0.25) is 0 Å². The van der Waals surface area contributed by atoms with Gasteiger partial charge in [0.1, 0.15) is 0 Å². The van der Waals surface area contributed by atoms with Crippen LogP contribution in [-0.2, 0) is 13.0 Å². The largest absolute Gasteiger partial charge is 0.416 e. The van der Waals surface area contributed by atoms with Crippen molar-refractivity contribution in [1.82, 2.24) is 24.7 Å². The third-order valence-corrected chi connectivity index (χ3v) is 8.81. The van der Waals surface area contributed by atoms with Gasteiger partial charge >= 0.3 is 6.09 Å². The van der Waals surface area contributed by atoms with E-state index in [0.29, 0.717) is 24.3 Å². The Kier molecular flexibility index (Phi) is 9.41. The van der Waals surface area contributed by atoms with Crippen molar-refractivity contribution in [3.05, 3.63) is 69.8 Å². The minimum Gasteiger partial charge on any atom is -0.391 e. The van der Waals surface area contributed by atoms with Crippen LogP contribution in [0.25, 0.3) is 0 Å². The molecule has 2 aliphatic rings. The number of carbonyl (C=O) groups is 2. The number of anilines is 1. The molecule has 0 unspecified atom stereocenters. The highest BCUT2D eigenvalue weighted by Crippen LogP contribution is 2.19. The molecule has 2 fully saturated rings. The van der Waals surface area contributed by atoms with Gasteiger partial charge in [-0.25, -0.2) is 14.8 Å². The lowest BCUT2D eigenvalue weighted by Gasteiger charge is -2.33. The van der Waals surface area contributed by atoms with Crippen molar-refractivity contribution in [3.8, 4) is 5.88 Å². The van der Waals surface area contributed by atoms with Crippen LogP contribution in [0.4, 0.5) is 10.5 Å². The van der Waals surface area contributed by atoms with Gasteiger partial charge < -0.3 is 15.0 Å². The molecule has 2 saturated heterocycles. The van der Waals surface area contributed by atoms with Gasteiger partial charge in [-0.05, 0) is 69.0 Å². The number of rotatable bonds is 8. The first-order chi connectivity index (χ1) is 19.4. The SMILES string of the molecule is Cc1ncsc1CCN1CCN(C(=O)Oc2ccc(NC(=O)c3ccc(CN4CCC(C)CC4)cc3)cn2)CC1. The predicted molar refractivity (Wildman–Crippen MR) is 157 cm³/mol. The molecule has 0 radical (unpaired) electrons. The van der Waals surface area contributed by atoms with Crippen LogP contribution in [-0.4, -0.2) is 82.5 Å². The number of aryl methyl sites for hydroxylation is 1. The molecule has 5 rings (SSSR count). The highest BCUT2D eigenvalue weighted by molar-refractivity contribution is 7.09. The molecule has 2 aromatic heterocycles. The summed E-state index contributed by atoms with van der Waals surface area (Å²) in [5.41, 5.74) is 5.35. The molecule has 212 valence electrons. The number of benzene rings is 1. The molecule has 2 aliphatic heterocycles. The fourth-order valence-electron chi connectivity index (χ4n) is 5.09. The zero-order valence-electron chi connectivity index (χ0n) is 23.3. The van der Waals surface area contributed by atoms with Crippen molar-refractivity contribution in [2.24, 2.45) is 5.92 Å². The minimum atomic E-state index is -0.401. The third kappa shape index (κ3) is 7.65. The maximum absolute atomic E-state index is 12.7. The molecule has 9 nitrogen and oxygen atoms in total. The first kappa shape index (κ1) is 28.2. The number of pyridine rings is 1. The topological polar surface area (TPSA) is 90.9 Å². The second-order valence-electron chi connectivity index (χ2n) is 10.8. The van der Waals surface area contributed by atoms with Gasteiger partial charge in [0, 0.05) is 55.8 Å². The van der Waals surface area contributed by atoms with Gasteiger partial charge in [-0.2, -0.15) is 0 Å². The lowest BCUT2D eigenvalue weighted by atomic mass is 9.99. The van der Waals surface area contributed by atoms with Crippen molar-refractivity contribution in [1.29, 1.82) is 0 Å². The van der Waals surface area contributed by atoms with E-state index in [4.69, 9.17) is 4.74 Å². The first-order valence-corrected chi connectivity index (χ1v) is 15.0. The molecule has 3 aromatic rings. The van der Waals surface area contributed by atoms with E-state index in [2.05, 4.69) is 32.0 Å². The smallest absolute Gasteiger partial charge is 0.391 e. The second kappa shape index (κ2) is 13.3. The van der Waals surface area contributed by atoms with Gasteiger partial charge in [-0.3, -0.25) is 14.6 Å². The molecule has 0 bridgehead atoms.